The van der Waals surface area contributed by atoms with Gasteiger partial charge in [-0.3, -0.25) is 4.79 Å². The summed E-state index contributed by atoms with van der Waals surface area (Å²) < 4.78 is 0. The first kappa shape index (κ1) is 10.7. The van der Waals surface area contributed by atoms with E-state index in [4.69, 9.17) is 5.11 Å². The van der Waals surface area contributed by atoms with Gasteiger partial charge >= 0.3 is 5.97 Å². The summed E-state index contributed by atoms with van der Waals surface area (Å²) in [5, 5.41) is 18.2. The molecule has 0 bridgehead atoms. The minimum atomic E-state index is -1.54. The number of benzene rings is 1. The van der Waals surface area contributed by atoms with E-state index in [1.54, 1.807) is 0 Å². The van der Waals surface area contributed by atoms with Crippen LogP contribution in [-0.4, -0.2) is 22.0 Å². The first-order chi connectivity index (χ1) is 7.59. The molecule has 0 fully saturated rings. The third kappa shape index (κ3) is 1.78. The van der Waals surface area contributed by atoms with Crippen LogP contribution in [0.4, 0.5) is 0 Å². The molecule has 1 aromatic rings. The van der Waals surface area contributed by atoms with Gasteiger partial charge in [-0.05, 0) is 48.9 Å². The zero-order chi connectivity index (χ0) is 11.7. The lowest BCUT2D eigenvalue weighted by molar-refractivity contribution is -0.131. The summed E-state index contributed by atoms with van der Waals surface area (Å²) in [7, 11) is 0. The fourth-order valence-corrected chi connectivity index (χ4v) is 2.07. The Morgan fingerprint density at radius 1 is 1.06 bits per heavy atom. The maximum Gasteiger partial charge on any atom is 0.377 e. The molecule has 0 atom stereocenters. The van der Waals surface area contributed by atoms with E-state index in [1.807, 2.05) is 0 Å². The van der Waals surface area contributed by atoms with E-state index >= 15 is 0 Å². The van der Waals surface area contributed by atoms with E-state index in [9.17, 15) is 14.7 Å². The summed E-state index contributed by atoms with van der Waals surface area (Å²) in [4.78, 5) is 21.9. The van der Waals surface area contributed by atoms with Crippen molar-refractivity contribution in [3.8, 4) is 5.75 Å². The number of rotatable bonds is 2. The van der Waals surface area contributed by atoms with E-state index in [0.29, 0.717) is 0 Å². The van der Waals surface area contributed by atoms with Crippen molar-refractivity contribution >= 4 is 11.8 Å². The highest BCUT2D eigenvalue weighted by atomic mass is 16.4. The molecule has 2 N–H and O–H groups in total. The van der Waals surface area contributed by atoms with Crippen LogP contribution in [0, 0.1) is 0 Å². The van der Waals surface area contributed by atoms with Crippen molar-refractivity contribution in [3.05, 3.63) is 28.8 Å². The summed E-state index contributed by atoms with van der Waals surface area (Å²) in [6.07, 6.45) is 3.83. The number of hydrogen-bond donors (Lipinski definition) is 2. The van der Waals surface area contributed by atoms with Crippen LogP contribution < -0.4 is 0 Å². The number of aryl methyl sites for hydroxylation is 2. The highest BCUT2D eigenvalue weighted by Gasteiger charge is 2.21. The number of aliphatic carboxylic acids is 1. The maximum atomic E-state index is 11.3. The first-order valence-electron chi connectivity index (χ1n) is 5.22. The van der Waals surface area contributed by atoms with Crippen LogP contribution in [0.15, 0.2) is 12.1 Å². The van der Waals surface area contributed by atoms with E-state index in [2.05, 4.69) is 0 Å². The van der Waals surface area contributed by atoms with Crippen LogP contribution in [0.25, 0.3) is 0 Å². The standard InChI is InChI=1S/C12H12O4/c13-10-6-8-4-2-1-3-7(8)5-9(10)11(14)12(15)16/h5-6,13H,1-4H2,(H,15,16). The number of carboxylic acids is 1. The molecule has 0 saturated heterocycles. The quantitative estimate of drug-likeness (QED) is 0.585. The molecule has 0 heterocycles. The van der Waals surface area contributed by atoms with Gasteiger partial charge in [0.1, 0.15) is 5.75 Å². The number of carboxylic acid groups (broad SMARTS) is 1. The summed E-state index contributed by atoms with van der Waals surface area (Å²) in [6.45, 7) is 0. The zero-order valence-electron chi connectivity index (χ0n) is 8.69. The van der Waals surface area contributed by atoms with Crippen molar-refractivity contribution in [2.45, 2.75) is 25.7 Å². The summed E-state index contributed by atoms with van der Waals surface area (Å²) >= 11 is 0. The normalized spacial score (nSPS) is 14.2. The predicted molar refractivity (Wildman–Crippen MR) is 56.7 cm³/mol. The molecule has 0 aromatic heterocycles. The summed E-state index contributed by atoms with van der Waals surface area (Å²) in [6, 6.07) is 3.03. The van der Waals surface area contributed by atoms with Crippen molar-refractivity contribution in [1.82, 2.24) is 0 Å². The number of ketones is 1. The van der Waals surface area contributed by atoms with Gasteiger partial charge in [0.25, 0.3) is 5.78 Å². The fraction of sp³-hybridized carbons (Fsp3) is 0.333. The highest BCUT2D eigenvalue weighted by Crippen LogP contribution is 2.28. The van der Waals surface area contributed by atoms with Gasteiger partial charge < -0.3 is 10.2 Å². The first-order valence-corrected chi connectivity index (χ1v) is 5.22. The third-order valence-corrected chi connectivity index (χ3v) is 2.90. The van der Waals surface area contributed by atoms with E-state index in [-0.39, 0.29) is 11.3 Å². The third-order valence-electron chi connectivity index (χ3n) is 2.90. The van der Waals surface area contributed by atoms with Gasteiger partial charge in [-0.15, -0.1) is 0 Å². The molecular formula is C12H12O4. The second kappa shape index (κ2) is 3.96. The second-order valence-electron chi connectivity index (χ2n) is 3.98. The van der Waals surface area contributed by atoms with Gasteiger partial charge in [0.05, 0.1) is 5.56 Å². The lowest BCUT2D eigenvalue weighted by atomic mass is 9.89. The minimum absolute atomic E-state index is 0.104. The topological polar surface area (TPSA) is 74.6 Å². The minimum Gasteiger partial charge on any atom is -0.507 e. The van der Waals surface area contributed by atoms with Crippen molar-refractivity contribution in [2.75, 3.05) is 0 Å². The maximum absolute atomic E-state index is 11.3. The Hall–Kier alpha value is -1.84. The predicted octanol–water partition coefficient (Wildman–Crippen LogP) is 1.54. The molecule has 4 nitrogen and oxygen atoms in total. The van der Waals surface area contributed by atoms with Crippen LogP contribution in [0.3, 0.4) is 0 Å². The Morgan fingerprint density at radius 2 is 1.62 bits per heavy atom. The van der Waals surface area contributed by atoms with E-state index < -0.39 is 11.8 Å². The average molecular weight is 220 g/mol. The van der Waals surface area contributed by atoms with E-state index in [0.717, 1.165) is 36.8 Å². The van der Waals surface area contributed by atoms with Crippen LogP contribution in [0.1, 0.15) is 34.3 Å². The number of phenolic OH excluding ortho intramolecular Hbond substituents is 1. The monoisotopic (exact) mass is 220 g/mol. The van der Waals surface area contributed by atoms with Gasteiger partial charge in [0.15, 0.2) is 0 Å². The number of phenols is 1. The number of Topliss-reactive ketones (excluding diaryl/α,β-unsaturated/α-hetero) is 1. The van der Waals surface area contributed by atoms with Crippen LogP contribution in [0.2, 0.25) is 0 Å². The largest absolute Gasteiger partial charge is 0.507 e. The Labute approximate surface area is 92.5 Å². The van der Waals surface area contributed by atoms with Crippen molar-refractivity contribution < 1.29 is 19.8 Å². The van der Waals surface area contributed by atoms with Crippen molar-refractivity contribution in [2.24, 2.45) is 0 Å². The summed E-state index contributed by atoms with van der Waals surface area (Å²) in [5.74, 6) is -2.81. The molecule has 2 rings (SSSR count). The fourth-order valence-electron chi connectivity index (χ4n) is 2.07. The van der Waals surface area contributed by atoms with Gasteiger partial charge in [-0.25, -0.2) is 4.79 Å². The molecule has 0 saturated carbocycles. The molecule has 0 amide bonds. The molecule has 16 heavy (non-hydrogen) atoms. The average Bonchev–Trinajstić information content (AvgIpc) is 2.27. The van der Waals surface area contributed by atoms with Gasteiger partial charge in [0, 0.05) is 0 Å². The Morgan fingerprint density at radius 3 is 2.19 bits per heavy atom. The second-order valence-corrected chi connectivity index (χ2v) is 3.98. The lowest BCUT2D eigenvalue weighted by Gasteiger charge is -2.16. The number of hydrogen-bond acceptors (Lipinski definition) is 3. The van der Waals surface area contributed by atoms with E-state index in [1.165, 1.54) is 12.1 Å². The lowest BCUT2D eigenvalue weighted by Crippen LogP contribution is -2.14. The highest BCUT2D eigenvalue weighted by molar-refractivity contribution is 6.40. The van der Waals surface area contributed by atoms with Gasteiger partial charge in [-0.2, -0.15) is 0 Å². The number of aromatic hydroxyl groups is 1. The van der Waals surface area contributed by atoms with Crippen molar-refractivity contribution in [3.63, 3.8) is 0 Å². The molecule has 0 unspecified atom stereocenters. The summed E-state index contributed by atoms with van der Waals surface area (Å²) in [5.41, 5.74) is 1.90. The SMILES string of the molecule is O=C(O)C(=O)c1cc2c(cc1O)CCCC2. The molecular weight excluding hydrogens is 208 g/mol. The van der Waals surface area contributed by atoms with Gasteiger partial charge in [0.2, 0.25) is 0 Å². The number of carbonyl (C=O) groups is 2. The molecule has 0 radical (unpaired) electrons. The number of fused-ring (bicyclic) bond motifs is 1. The molecule has 1 aliphatic carbocycles. The Balaban J connectivity index is 2.47. The Bertz CT molecular complexity index is 462. The number of carbonyl (C=O) groups excluding carboxylic acids is 1. The molecule has 4 heteroatoms. The van der Waals surface area contributed by atoms with Crippen LogP contribution in [0.5, 0.6) is 5.75 Å². The molecule has 84 valence electrons. The van der Waals surface area contributed by atoms with Gasteiger partial charge in [-0.1, -0.05) is 0 Å². The Kier molecular flexibility index (Phi) is 2.64. The zero-order valence-corrected chi connectivity index (χ0v) is 8.69. The molecule has 0 spiro atoms. The molecule has 1 aliphatic rings. The van der Waals surface area contributed by atoms with Crippen molar-refractivity contribution in [1.29, 1.82) is 0 Å². The molecule has 1 aromatic carbocycles. The van der Waals surface area contributed by atoms with Crippen LogP contribution in [-0.2, 0) is 17.6 Å². The van der Waals surface area contributed by atoms with Crippen LogP contribution >= 0.6 is 0 Å². The molecule has 0 aliphatic heterocycles. The smallest absolute Gasteiger partial charge is 0.377 e.